The minimum Gasteiger partial charge on any atom is -0.399 e. The number of nitrogens with two attached hydrogens (primary N) is 1. The predicted molar refractivity (Wildman–Crippen MR) is 68.2 cm³/mol. The Kier molecular flexibility index (Phi) is 4.01. The molecule has 84 valence electrons. The van der Waals surface area contributed by atoms with Crippen LogP contribution in [0.2, 0.25) is 0 Å². The van der Waals surface area contributed by atoms with E-state index in [0.29, 0.717) is 6.04 Å². The summed E-state index contributed by atoms with van der Waals surface area (Å²) in [5, 5.41) is 0. The summed E-state index contributed by atoms with van der Waals surface area (Å²) in [5.74, 6) is 0.725. The summed E-state index contributed by atoms with van der Waals surface area (Å²) >= 11 is 0. The van der Waals surface area contributed by atoms with Crippen LogP contribution in [0.5, 0.6) is 0 Å². The van der Waals surface area contributed by atoms with Gasteiger partial charge in [-0.3, -0.25) is 0 Å². The second kappa shape index (κ2) is 5.06. The highest BCUT2D eigenvalue weighted by atomic mass is 15.1. The lowest BCUT2D eigenvalue weighted by molar-refractivity contribution is 0.504. The number of nitrogens with zero attached hydrogens (tertiary/aromatic N) is 1. The minimum absolute atomic E-state index is 0.548. The van der Waals surface area contributed by atoms with Crippen LogP contribution in [0.3, 0.4) is 0 Å². The number of rotatable bonds is 4. The Hall–Kier alpha value is -1.18. The van der Waals surface area contributed by atoms with Gasteiger partial charge in [-0.2, -0.15) is 0 Å². The topological polar surface area (TPSA) is 29.3 Å². The number of anilines is 2. The number of benzene rings is 1. The van der Waals surface area contributed by atoms with Gasteiger partial charge in [0.25, 0.3) is 0 Å². The summed E-state index contributed by atoms with van der Waals surface area (Å²) in [7, 11) is 2.13. The van der Waals surface area contributed by atoms with Crippen molar-refractivity contribution in [2.24, 2.45) is 5.92 Å². The summed E-state index contributed by atoms with van der Waals surface area (Å²) in [5.41, 5.74) is 7.80. The van der Waals surface area contributed by atoms with Crippen molar-refractivity contribution < 1.29 is 0 Å². The minimum atomic E-state index is 0.548. The smallest absolute Gasteiger partial charge is 0.0386 e. The molecule has 1 rings (SSSR count). The largest absolute Gasteiger partial charge is 0.399 e. The van der Waals surface area contributed by atoms with E-state index < -0.39 is 0 Å². The maximum Gasteiger partial charge on any atom is 0.0386 e. The molecule has 2 heteroatoms. The van der Waals surface area contributed by atoms with Gasteiger partial charge in [0, 0.05) is 24.5 Å². The van der Waals surface area contributed by atoms with Gasteiger partial charge < -0.3 is 10.6 Å². The first-order valence-electron chi connectivity index (χ1n) is 5.59. The summed E-state index contributed by atoms with van der Waals surface area (Å²) in [6.07, 6.45) is 1.20. The Bertz CT molecular complexity index is 307. The number of hydrogen-bond acceptors (Lipinski definition) is 2. The lowest BCUT2D eigenvalue weighted by Crippen LogP contribution is -2.29. The Morgan fingerprint density at radius 1 is 1.27 bits per heavy atom. The van der Waals surface area contributed by atoms with Gasteiger partial charge in [0.05, 0.1) is 0 Å². The lowest BCUT2D eigenvalue weighted by Gasteiger charge is -2.28. The van der Waals surface area contributed by atoms with Crippen LogP contribution < -0.4 is 10.6 Å². The molecule has 0 fully saturated rings. The highest BCUT2D eigenvalue weighted by Gasteiger charge is 2.11. The van der Waals surface area contributed by atoms with E-state index in [4.69, 9.17) is 5.73 Å². The van der Waals surface area contributed by atoms with Crippen LogP contribution in [0.25, 0.3) is 0 Å². The summed E-state index contributed by atoms with van der Waals surface area (Å²) in [4.78, 5) is 2.29. The van der Waals surface area contributed by atoms with Crippen LogP contribution in [-0.2, 0) is 0 Å². The zero-order valence-electron chi connectivity index (χ0n) is 10.2. The average Bonchev–Trinajstić information content (AvgIpc) is 2.15. The summed E-state index contributed by atoms with van der Waals surface area (Å²) in [6, 6.07) is 8.60. The summed E-state index contributed by atoms with van der Waals surface area (Å²) in [6.45, 7) is 6.76. The zero-order chi connectivity index (χ0) is 11.4. The van der Waals surface area contributed by atoms with Crippen LogP contribution in [0.15, 0.2) is 24.3 Å². The van der Waals surface area contributed by atoms with E-state index in [1.807, 2.05) is 18.2 Å². The molecule has 1 aromatic rings. The molecule has 0 radical (unpaired) electrons. The van der Waals surface area contributed by atoms with E-state index in [-0.39, 0.29) is 0 Å². The van der Waals surface area contributed by atoms with Crippen LogP contribution in [0.4, 0.5) is 11.4 Å². The molecule has 1 unspecified atom stereocenters. The van der Waals surface area contributed by atoms with Crippen LogP contribution in [0.1, 0.15) is 27.2 Å². The molecule has 0 spiro atoms. The Morgan fingerprint density at radius 2 is 1.93 bits per heavy atom. The van der Waals surface area contributed by atoms with Gasteiger partial charge in [-0.05, 0) is 37.5 Å². The molecule has 1 aromatic carbocycles. The number of hydrogen-bond donors (Lipinski definition) is 1. The second-order valence-electron chi connectivity index (χ2n) is 4.68. The van der Waals surface area contributed by atoms with Gasteiger partial charge in [-0.15, -0.1) is 0 Å². The third-order valence-electron chi connectivity index (χ3n) is 2.75. The van der Waals surface area contributed by atoms with E-state index in [0.717, 1.165) is 11.6 Å². The van der Waals surface area contributed by atoms with Crippen molar-refractivity contribution in [3.63, 3.8) is 0 Å². The van der Waals surface area contributed by atoms with Crippen LogP contribution in [0, 0.1) is 5.92 Å². The molecule has 2 N–H and O–H groups in total. The molecule has 0 aromatic heterocycles. The number of nitrogen functional groups attached to an aromatic ring is 1. The second-order valence-corrected chi connectivity index (χ2v) is 4.68. The zero-order valence-corrected chi connectivity index (χ0v) is 10.2. The van der Waals surface area contributed by atoms with Crippen molar-refractivity contribution in [2.45, 2.75) is 33.2 Å². The van der Waals surface area contributed by atoms with E-state index in [9.17, 15) is 0 Å². The Labute approximate surface area is 93.1 Å². The van der Waals surface area contributed by atoms with Crippen LogP contribution >= 0.6 is 0 Å². The van der Waals surface area contributed by atoms with Crippen molar-refractivity contribution in [2.75, 3.05) is 17.7 Å². The van der Waals surface area contributed by atoms with Crippen molar-refractivity contribution in [3.8, 4) is 0 Å². The fourth-order valence-corrected chi connectivity index (χ4v) is 1.84. The van der Waals surface area contributed by atoms with Gasteiger partial charge in [-0.1, -0.05) is 19.9 Å². The molecule has 2 nitrogen and oxygen atoms in total. The molecule has 0 saturated heterocycles. The maximum atomic E-state index is 5.77. The molecular weight excluding hydrogens is 184 g/mol. The maximum absolute atomic E-state index is 5.77. The standard InChI is InChI=1S/C13H22N2/c1-10(2)8-11(3)15(4)13-7-5-6-12(14)9-13/h5-7,9-11H,8,14H2,1-4H3. The first kappa shape index (κ1) is 11.9. The SMILES string of the molecule is CC(C)CC(C)N(C)c1cccc(N)c1. The van der Waals surface area contributed by atoms with Crippen molar-refractivity contribution in [3.05, 3.63) is 24.3 Å². The van der Waals surface area contributed by atoms with Gasteiger partial charge in [0.2, 0.25) is 0 Å². The van der Waals surface area contributed by atoms with Crippen molar-refractivity contribution >= 4 is 11.4 Å². The first-order valence-corrected chi connectivity index (χ1v) is 5.59. The van der Waals surface area contributed by atoms with Gasteiger partial charge in [-0.25, -0.2) is 0 Å². The molecule has 0 aliphatic heterocycles. The highest BCUT2D eigenvalue weighted by Crippen LogP contribution is 2.20. The molecular formula is C13H22N2. The molecule has 0 aliphatic rings. The third-order valence-corrected chi connectivity index (χ3v) is 2.75. The van der Waals surface area contributed by atoms with E-state index in [1.54, 1.807) is 0 Å². The first-order chi connectivity index (χ1) is 7.00. The highest BCUT2D eigenvalue weighted by molar-refractivity contribution is 5.55. The molecule has 0 heterocycles. The quantitative estimate of drug-likeness (QED) is 0.767. The van der Waals surface area contributed by atoms with E-state index in [2.05, 4.69) is 38.8 Å². The molecule has 1 atom stereocenters. The molecule has 0 aliphatic carbocycles. The van der Waals surface area contributed by atoms with E-state index in [1.165, 1.54) is 12.1 Å². The molecule has 0 bridgehead atoms. The van der Waals surface area contributed by atoms with Crippen molar-refractivity contribution in [1.29, 1.82) is 0 Å². The molecule has 0 saturated carbocycles. The normalized spacial score (nSPS) is 12.9. The third kappa shape index (κ3) is 3.46. The average molecular weight is 206 g/mol. The van der Waals surface area contributed by atoms with Gasteiger partial charge in [0.15, 0.2) is 0 Å². The summed E-state index contributed by atoms with van der Waals surface area (Å²) < 4.78 is 0. The predicted octanol–water partition coefficient (Wildman–Crippen LogP) is 3.14. The van der Waals surface area contributed by atoms with Gasteiger partial charge >= 0.3 is 0 Å². The Balaban J connectivity index is 2.71. The fourth-order valence-electron chi connectivity index (χ4n) is 1.84. The van der Waals surface area contributed by atoms with Gasteiger partial charge in [0.1, 0.15) is 0 Å². The fraction of sp³-hybridized carbons (Fsp3) is 0.538. The molecule has 15 heavy (non-hydrogen) atoms. The lowest BCUT2D eigenvalue weighted by atomic mass is 10.0. The monoisotopic (exact) mass is 206 g/mol. The van der Waals surface area contributed by atoms with Crippen LogP contribution in [-0.4, -0.2) is 13.1 Å². The van der Waals surface area contributed by atoms with E-state index >= 15 is 0 Å². The molecule has 0 amide bonds. The van der Waals surface area contributed by atoms with Crippen molar-refractivity contribution in [1.82, 2.24) is 0 Å². The Morgan fingerprint density at radius 3 is 2.47 bits per heavy atom.